The third-order valence-corrected chi connectivity index (χ3v) is 14.7. The number of aliphatic hydroxyl groups is 2. The fourth-order valence-electron chi connectivity index (χ4n) is 11.3. The number of rotatable bonds is 14. The average molecular weight is 900 g/mol. The van der Waals surface area contributed by atoms with Crippen molar-refractivity contribution >= 4 is 46.7 Å². The van der Waals surface area contributed by atoms with Gasteiger partial charge in [-0.1, -0.05) is 38.1 Å². The van der Waals surface area contributed by atoms with E-state index in [-0.39, 0.29) is 50.0 Å². The van der Waals surface area contributed by atoms with Crippen LogP contribution in [0.15, 0.2) is 84.5 Å². The Hall–Kier alpha value is -5.75. The number of ether oxygens (including phenoxy) is 3. The molecule has 15 nitrogen and oxygen atoms in total. The highest BCUT2D eigenvalue weighted by molar-refractivity contribution is 6.13. The van der Waals surface area contributed by atoms with Crippen LogP contribution < -0.4 is 15.4 Å². The first-order valence-electron chi connectivity index (χ1n) is 21.7. The van der Waals surface area contributed by atoms with Crippen molar-refractivity contribution < 1.29 is 66.8 Å². The molecule has 4 N–H and O–H groups in total. The molecule has 17 heteroatoms. The number of carbonyl (C=O) groups is 7. The number of allylic oxidation sites excluding steroid dienone is 4. The molecule has 65 heavy (non-hydrogen) atoms. The van der Waals surface area contributed by atoms with Gasteiger partial charge in [-0.05, 0) is 81.0 Å². The molecule has 12 atom stereocenters. The number of anilines is 1. The normalized spacial score (nSPS) is 34.2. The minimum absolute atomic E-state index is 0.0110. The molecule has 0 bridgehead atoms. The van der Waals surface area contributed by atoms with Crippen LogP contribution in [0, 0.1) is 28.6 Å². The Morgan fingerprint density at radius 1 is 0.969 bits per heavy atom. The summed E-state index contributed by atoms with van der Waals surface area (Å²) in [5.41, 5.74) is -6.16. The summed E-state index contributed by atoms with van der Waals surface area (Å²) >= 11 is 0. The average Bonchev–Trinajstić information content (AvgIpc) is 3.89. The second-order valence-corrected chi connectivity index (χ2v) is 18.4. The number of halogens is 2. The zero-order valence-corrected chi connectivity index (χ0v) is 36.3. The van der Waals surface area contributed by atoms with Gasteiger partial charge in [0.15, 0.2) is 34.9 Å². The lowest BCUT2D eigenvalue weighted by Crippen LogP contribution is -2.70. The van der Waals surface area contributed by atoms with Gasteiger partial charge in [-0.15, -0.1) is 0 Å². The third-order valence-electron chi connectivity index (χ3n) is 14.7. The van der Waals surface area contributed by atoms with Crippen LogP contribution in [0.4, 0.5) is 14.5 Å². The largest absolute Gasteiger partial charge is 0.457 e. The Kier molecular flexibility index (Phi) is 11.9. The third kappa shape index (κ3) is 7.55. The first-order valence-corrected chi connectivity index (χ1v) is 21.7. The quantitative estimate of drug-likeness (QED) is 0.193. The summed E-state index contributed by atoms with van der Waals surface area (Å²) in [5, 5.41) is 27.4. The van der Waals surface area contributed by atoms with Gasteiger partial charge in [-0.3, -0.25) is 38.5 Å². The molecule has 0 aromatic heterocycles. The number of benzene rings is 2. The summed E-state index contributed by atoms with van der Waals surface area (Å²) in [7, 11) is 0. The molecule has 0 radical (unpaired) electrons. The minimum Gasteiger partial charge on any atom is -0.457 e. The summed E-state index contributed by atoms with van der Waals surface area (Å²) in [6.07, 6.45) is -0.318. The number of carbonyl (C=O) groups excluding carboxylic acids is 7. The van der Waals surface area contributed by atoms with E-state index in [1.807, 2.05) is 0 Å². The van der Waals surface area contributed by atoms with Crippen LogP contribution in [0.25, 0.3) is 0 Å². The molecular formula is C48H51F2N3O12. The topological polar surface area (TPSA) is 215 Å². The molecule has 0 unspecified atom stereocenters. The molecule has 2 heterocycles. The van der Waals surface area contributed by atoms with Gasteiger partial charge in [0, 0.05) is 71.5 Å². The van der Waals surface area contributed by atoms with Gasteiger partial charge < -0.3 is 35.1 Å². The number of imide groups is 1. The van der Waals surface area contributed by atoms with E-state index in [2.05, 4.69) is 10.6 Å². The summed E-state index contributed by atoms with van der Waals surface area (Å²) < 4.78 is 52.8. The molecule has 2 aliphatic heterocycles. The monoisotopic (exact) mass is 899 g/mol. The fraction of sp³-hybridized carbons (Fsp3) is 0.479. The van der Waals surface area contributed by atoms with Crippen molar-refractivity contribution in [1.82, 2.24) is 10.2 Å². The lowest BCUT2D eigenvalue weighted by atomic mass is 9.44. The lowest BCUT2D eigenvalue weighted by Gasteiger charge is -2.63. The van der Waals surface area contributed by atoms with Gasteiger partial charge in [0.2, 0.25) is 11.8 Å². The van der Waals surface area contributed by atoms with Gasteiger partial charge in [-0.25, -0.2) is 8.78 Å². The highest BCUT2D eigenvalue weighted by atomic mass is 19.1. The van der Waals surface area contributed by atoms with Crippen LogP contribution in [0.5, 0.6) is 11.5 Å². The number of hydrogen-bond donors (Lipinski definition) is 4. The van der Waals surface area contributed by atoms with Gasteiger partial charge in [-0.2, -0.15) is 0 Å². The zero-order chi connectivity index (χ0) is 46.8. The lowest BCUT2D eigenvalue weighted by molar-refractivity contribution is -0.235. The van der Waals surface area contributed by atoms with Crippen molar-refractivity contribution in [3.8, 4) is 11.5 Å². The summed E-state index contributed by atoms with van der Waals surface area (Å²) in [4.78, 5) is 88.8. The van der Waals surface area contributed by atoms with E-state index in [0.29, 0.717) is 22.7 Å². The molecule has 3 saturated carbocycles. The molecule has 2 aromatic carbocycles. The number of nitrogens with one attached hydrogen (secondary N) is 2. The van der Waals surface area contributed by atoms with Gasteiger partial charge in [0.25, 0.3) is 11.8 Å². The zero-order valence-electron chi connectivity index (χ0n) is 36.3. The molecule has 4 amide bonds. The maximum absolute atomic E-state index is 17.7. The number of ketones is 3. The van der Waals surface area contributed by atoms with Gasteiger partial charge >= 0.3 is 0 Å². The number of amides is 4. The van der Waals surface area contributed by atoms with Crippen molar-refractivity contribution in [3.63, 3.8) is 0 Å². The maximum Gasteiger partial charge on any atom is 0.253 e. The van der Waals surface area contributed by atoms with Crippen molar-refractivity contribution in [2.75, 3.05) is 18.5 Å². The summed E-state index contributed by atoms with van der Waals surface area (Å²) in [6.45, 7) is 5.24. The van der Waals surface area contributed by atoms with Crippen LogP contribution >= 0.6 is 0 Å². The number of nitrogens with zero attached hydrogens (tertiary/aromatic N) is 1. The van der Waals surface area contributed by atoms with E-state index in [1.54, 1.807) is 62.4 Å². The molecule has 2 aromatic rings. The van der Waals surface area contributed by atoms with Crippen LogP contribution in [0.2, 0.25) is 0 Å². The number of Topliss-reactive ketones (excluding diaryl/α,β-unsaturated/α-hetero) is 2. The van der Waals surface area contributed by atoms with E-state index in [1.165, 1.54) is 26.0 Å². The van der Waals surface area contributed by atoms with E-state index < -0.39 is 112 Å². The molecule has 1 saturated heterocycles. The van der Waals surface area contributed by atoms with Crippen molar-refractivity contribution in [2.24, 2.45) is 28.6 Å². The van der Waals surface area contributed by atoms with E-state index in [9.17, 15) is 43.8 Å². The molecular weight excluding hydrogens is 849 g/mol. The molecule has 0 spiro atoms. The second-order valence-electron chi connectivity index (χ2n) is 18.4. The van der Waals surface area contributed by atoms with Crippen molar-refractivity contribution in [3.05, 3.63) is 90.0 Å². The standard InChI is InChI=1S/C48H51F2N3O12/c1-25(18-36(56)26(2)51-40(59)15-17-53-41(60)12-13-42(53)61)43(62)52-28-6-5-7-31(19-28)63-30-10-8-27(9-11-30)44-64-39-22-32-33-21-35(49)34-20-29(55)14-16-45(34,3)47(33,50)37(57)23-46(32,4)48(39,65-44)38(58)24-54/h5-14,16,19-20,25-26,32-33,35,37,39,44,54,57H,15,17-18,21-24H2,1-4H3,(H,51,59)(H,52,62)/t25-,26+,32+,33+,35+,37+,39-,44-,45+,46+,47+,48-/m1/s1. The fourth-order valence-corrected chi connectivity index (χ4v) is 11.3. The predicted octanol–water partition coefficient (Wildman–Crippen LogP) is 4.48. The van der Waals surface area contributed by atoms with Crippen LogP contribution in [-0.2, 0) is 43.0 Å². The highest BCUT2D eigenvalue weighted by Crippen LogP contribution is 2.72. The number of alkyl halides is 2. The van der Waals surface area contributed by atoms with Crippen LogP contribution in [0.3, 0.4) is 0 Å². The van der Waals surface area contributed by atoms with Crippen LogP contribution in [-0.4, -0.2) is 105 Å². The molecule has 344 valence electrons. The summed E-state index contributed by atoms with van der Waals surface area (Å²) in [5.74, 6) is -5.31. The summed E-state index contributed by atoms with van der Waals surface area (Å²) in [6, 6.07) is 12.3. The number of fused-ring (bicyclic) bond motifs is 7. The Balaban J connectivity index is 0.887. The second kappa shape index (κ2) is 16.9. The number of aliphatic hydroxyl groups excluding tert-OH is 2. The predicted molar refractivity (Wildman–Crippen MR) is 226 cm³/mol. The van der Waals surface area contributed by atoms with Gasteiger partial charge in [0.1, 0.15) is 24.3 Å². The molecule has 8 rings (SSSR count). The Morgan fingerprint density at radius 3 is 2.37 bits per heavy atom. The Morgan fingerprint density at radius 2 is 1.68 bits per heavy atom. The minimum atomic E-state index is -2.37. The maximum atomic E-state index is 17.7. The Bertz CT molecular complexity index is 2420. The molecule has 4 aliphatic carbocycles. The van der Waals surface area contributed by atoms with Crippen molar-refractivity contribution in [2.45, 2.75) is 102 Å². The number of hydrogen-bond acceptors (Lipinski definition) is 12. The smallest absolute Gasteiger partial charge is 0.253 e. The van der Waals surface area contributed by atoms with Crippen molar-refractivity contribution in [1.29, 1.82) is 0 Å². The highest BCUT2D eigenvalue weighted by Gasteiger charge is 2.80. The van der Waals surface area contributed by atoms with E-state index in [4.69, 9.17) is 14.2 Å². The first-order chi connectivity index (χ1) is 30.7. The van der Waals surface area contributed by atoms with Gasteiger partial charge in [0.05, 0.1) is 18.2 Å². The molecule has 6 aliphatic rings. The first kappa shape index (κ1) is 45.8. The SMILES string of the molecule is C[C@H](CC(=O)[C@H](C)NC(=O)CCN1C(=O)C=CC1=O)C(=O)Nc1cccc(Oc2ccc([C@@H]3O[C@@H]4C[C@H]5[C@@H]6C[C@H](F)C7=CC(=O)C=C[C@]7(C)[C@@]6(F)[C@@H](O)C[C@]5(C)[C@]4(C(=O)CO)O3)cc2)c1. The van der Waals surface area contributed by atoms with E-state index >= 15 is 8.78 Å². The van der Waals surface area contributed by atoms with Crippen LogP contribution in [0.1, 0.15) is 71.7 Å². The van der Waals surface area contributed by atoms with E-state index in [0.717, 1.165) is 23.1 Å². The molecule has 4 fully saturated rings. The Labute approximate surface area is 373 Å².